The lowest BCUT2D eigenvalue weighted by molar-refractivity contribution is 1.09. The molecule has 0 saturated heterocycles. The molecular formula is C7H4IN3S. The van der Waals surface area contributed by atoms with Crippen molar-refractivity contribution in [2.75, 3.05) is 0 Å². The molecule has 2 rings (SSSR count). The molecule has 2 aromatic rings. The average Bonchev–Trinajstić information content (AvgIpc) is 2.58. The third kappa shape index (κ3) is 1.61. The highest BCUT2D eigenvalue weighted by molar-refractivity contribution is 14.1. The second kappa shape index (κ2) is 3.44. The Morgan fingerprint density at radius 2 is 2.25 bits per heavy atom. The quantitative estimate of drug-likeness (QED) is 0.755. The van der Waals surface area contributed by atoms with Crippen LogP contribution in [0.5, 0.6) is 0 Å². The van der Waals surface area contributed by atoms with Crippen molar-refractivity contribution in [1.82, 2.24) is 15.2 Å². The minimum atomic E-state index is 0.867. The Bertz CT molecular complexity index is 357. The van der Waals surface area contributed by atoms with Gasteiger partial charge in [0, 0.05) is 9.77 Å². The summed E-state index contributed by atoms with van der Waals surface area (Å²) in [7, 11) is 0. The van der Waals surface area contributed by atoms with Crippen molar-refractivity contribution < 1.29 is 0 Å². The van der Waals surface area contributed by atoms with Gasteiger partial charge in [0.05, 0.1) is 0 Å². The zero-order valence-electron chi connectivity index (χ0n) is 5.94. The third-order valence-corrected chi connectivity index (χ3v) is 2.66. The molecule has 0 aliphatic carbocycles. The topological polar surface area (TPSA) is 38.7 Å². The Hall–Kier alpha value is -0.560. The van der Waals surface area contributed by atoms with Gasteiger partial charge in [0.1, 0.15) is 11.2 Å². The fourth-order valence-electron chi connectivity index (χ4n) is 0.787. The van der Waals surface area contributed by atoms with Crippen LogP contribution in [0.15, 0.2) is 23.8 Å². The largest absolute Gasteiger partial charge is 0.253 e. The van der Waals surface area contributed by atoms with Gasteiger partial charge in [-0.2, -0.15) is 0 Å². The summed E-state index contributed by atoms with van der Waals surface area (Å²) < 4.78 is 1.13. The van der Waals surface area contributed by atoms with Gasteiger partial charge in [-0.05, 0) is 34.7 Å². The predicted molar refractivity (Wildman–Crippen MR) is 55.9 cm³/mol. The van der Waals surface area contributed by atoms with Gasteiger partial charge < -0.3 is 0 Å². The molecule has 12 heavy (non-hydrogen) atoms. The van der Waals surface area contributed by atoms with Crippen LogP contribution < -0.4 is 0 Å². The fourth-order valence-corrected chi connectivity index (χ4v) is 1.64. The highest BCUT2D eigenvalue weighted by Gasteiger charge is 2.00. The molecule has 0 atom stereocenters. The lowest BCUT2D eigenvalue weighted by Crippen LogP contribution is -1.82. The Labute approximate surface area is 87.0 Å². The fraction of sp³-hybridized carbons (Fsp3) is 0. The molecule has 3 nitrogen and oxygen atoms in total. The molecule has 0 aliphatic heterocycles. The monoisotopic (exact) mass is 289 g/mol. The molecule has 0 N–H and O–H groups in total. The molecule has 0 amide bonds. The van der Waals surface area contributed by atoms with Gasteiger partial charge >= 0.3 is 0 Å². The van der Waals surface area contributed by atoms with Gasteiger partial charge in [0.25, 0.3) is 0 Å². The van der Waals surface area contributed by atoms with Crippen LogP contribution >= 0.6 is 33.9 Å². The van der Waals surface area contributed by atoms with Crippen LogP contribution in [0.1, 0.15) is 0 Å². The summed E-state index contributed by atoms with van der Waals surface area (Å²) >= 11 is 3.71. The molecule has 60 valence electrons. The SMILES string of the molecule is Ic1ccc(-c2nncs2)nc1. The van der Waals surface area contributed by atoms with Gasteiger partial charge in [0.2, 0.25) is 0 Å². The number of halogens is 1. The van der Waals surface area contributed by atoms with Crippen LogP contribution in [0.3, 0.4) is 0 Å². The van der Waals surface area contributed by atoms with E-state index in [4.69, 9.17) is 0 Å². The lowest BCUT2D eigenvalue weighted by Gasteiger charge is -1.92. The van der Waals surface area contributed by atoms with E-state index in [-0.39, 0.29) is 0 Å². The van der Waals surface area contributed by atoms with E-state index in [1.165, 1.54) is 11.3 Å². The summed E-state index contributed by atoms with van der Waals surface area (Å²) in [6.45, 7) is 0. The summed E-state index contributed by atoms with van der Waals surface area (Å²) in [4.78, 5) is 4.22. The Kier molecular flexibility index (Phi) is 2.31. The molecular weight excluding hydrogens is 285 g/mol. The summed E-state index contributed by atoms with van der Waals surface area (Å²) in [6.07, 6.45) is 1.82. The van der Waals surface area contributed by atoms with Gasteiger partial charge in [-0.3, -0.25) is 4.98 Å². The van der Waals surface area contributed by atoms with Gasteiger partial charge in [-0.1, -0.05) is 11.3 Å². The minimum absolute atomic E-state index is 0.867. The molecule has 0 spiro atoms. The molecule has 0 radical (unpaired) electrons. The molecule has 0 bridgehead atoms. The molecule has 0 unspecified atom stereocenters. The number of hydrogen-bond acceptors (Lipinski definition) is 4. The first-order chi connectivity index (χ1) is 5.86. The number of aromatic nitrogens is 3. The first kappa shape index (κ1) is 8.06. The van der Waals surface area contributed by atoms with Crippen molar-refractivity contribution in [1.29, 1.82) is 0 Å². The maximum absolute atomic E-state index is 4.22. The van der Waals surface area contributed by atoms with Crippen LogP contribution in [-0.2, 0) is 0 Å². The Balaban J connectivity index is 2.43. The first-order valence-corrected chi connectivity index (χ1v) is 5.20. The Morgan fingerprint density at radius 1 is 1.33 bits per heavy atom. The van der Waals surface area contributed by atoms with Crippen molar-refractivity contribution in [3.05, 3.63) is 27.4 Å². The van der Waals surface area contributed by atoms with Gasteiger partial charge in [0.15, 0.2) is 5.01 Å². The third-order valence-electron chi connectivity index (χ3n) is 1.31. The van der Waals surface area contributed by atoms with Crippen LogP contribution in [0.25, 0.3) is 10.7 Å². The molecule has 5 heteroatoms. The zero-order valence-corrected chi connectivity index (χ0v) is 8.91. The molecule has 0 aromatic carbocycles. The average molecular weight is 289 g/mol. The summed E-state index contributed by atoms with van der Waals surface area (Å²) in [5, 5.41) is 8.53. The molecule has 2 heterocycles. The minimum Gasteiger partial charge on any atom is -0.253 e. The van der Waals surface area contributed by atoms with Crippen molar-refractivity contribution >= 4 is 33.9 Å². The molecule has 2 aromatic heterocycles. The van der Waals surface area contributed by atoms with E-state index >= 15 is 0 Å². The molecule has 0 aliphatic rings. The predicted octanol–water partition coefficient (Wildman–Crippen LogP) is 2.20. The number of hydrogen-bond donors (Lipinski definition) is 0. The smallest absolute Gasteiger partial charge is 0.166 e. The zero-order chi connectivity index (χ0) is 8.39. The number of rotatable bonds is 1. The maximum Gasteiger partial charge on any atom is 0.166 e. The van der Waals surface area contributed by atoms with Crippen LogP contribution in [0.4, 0.5) is 0 Å². The van der Waals surface area contributed by atoms with Crippen molar-refractivity contribution in [3.63, 3.8) is 0 Å². The second-order valence-corrected chi connectivity index (χ2v) is 4.18. The maximum atomic E-state index is 4.22. The highest BCUT2D eigenvalue weighted by atomic mass is 127. The normalized spacial score (nSPS) is 10.1. The van der Waals surface area contributed by atoms with Crippen LogP contribution in [-0.4, -0.2) is 15.2 Å². The van der Waals surface area contributed by atoms with E-state index in [2.05, 4.69) is 37.8 Å². The second-order valence-electron chi connectivity index (χ2n) is 2.11. The van der Waals surface area contributed by atoms with Crippen LogP contribution in [0, 0.1) is 3.57 Å². The Morgan fingerprint density at radius 3 is 2.83 bits per heavy atom. The van der Waals surface area contributed by atoms with Gasteiger partial charge in [-0.25, -0.2) is 0 Å². The summed E-state index contributed by atoms with van der Waals surface area (Å²) in [5.74, 6) is 0. The number of pyridine rings is 1. The van der Waals surface area contributed by atoms with E-state index in [9.17, 15) is 0 Å². The van der Waals surface area contributed by atoms with Crippen LogP contribution in [0.2, 0.25) is 0 Å². The van der Waals surface area contributed by atoms with Crippen molar-refractivity contribution in [2.24, 2.45) is 0 Å². The van der Waals surface area contributed by atoms with Gasteiger partial charge in [-0.15, -0.1) is 10.2 Å². The standard InChI is InChI=1S/C7H4IN3S/c8-5-1-2-6(9-3-5)7-11-10-4-12-7/h1-4H. The van der Waals surface area contributed by atoms with E-state index in [1.54, 1.807) is 5.51 Å². The van der Waals surface area contributed by atoms with E-state index in [0.717, 1.165) is 14.3 Å². The summed E-state index contributed by atoms with van der Waals surface area (Å²) in [6, 6.07) is 3.95. The highest BCUT2D eigenvalue weighted by Crippen LogP contribution is 2.18. The molecule has 0 fully saturated rings. The lowest BCUT2D eigenvalue weighted by atomic mass is 10.4. The van der Waals surface area contributed by atoms with E-state index in [0.29, 0.717) is 0 Å². The van der Waals surface area contributed by atoms with Crippen molar-refractivity contribution in [3.8, 4) is 10.7 Å². The van der Waals surface area contributed by atoms with E-state index < -0.39 is 0 Å². The first-order valence-electron chi connectivity index (χ1n) is 3.24. The number of nitrogens with zero attached hydrogens (tertiary/aromatic N) is 3. The van der Waals surface area contributed by atoms with E-state index in [1.807, 2.05) is 18.3 Å². The van der Waals surface area contributed by atoms with Crippen molar-refractivity contribution in [2.45, 2.75) is 0 Å². The summed E-state index contributed by atoms with van der Waals surface area (Å²) in [5.41, 5.74) is 2.59. The molecule has 0 saturated carbocycles.